The van der Waals surface area contributed by atoms with Crippen molar-refractivity contribution in [2.75, 3.05) is 18.0 Å². The number of rotatable bonds is 3. The van der Waals surface area contributed by atoms with Gasteiger partial charge in [0.05, 0.1) is 5.69 Å². The van der Waals surface area contributed by atoms with E-state index in [1.165, 1.54) is 28.0 Å². The predicted molar refractivity (Wildman–Crippen MR) is 132 cm³/mol. The number of allylic oxidation sites excluding steroid dienone is 2. The van der Waals surface area contributed by atoms with Crippen molar-refractivity contribution in [1.82, 2.24) is 4.98 Å². The van der Waals surface area contributed by atoms with Crippen LogP contribution in [0.25, 0.3) is 10.4 Å². The Morgan fingerprint density at radius 2 is 1.73 bits per heavy atom. The van der Waals surface area contributed by atoms with E-state index in [2.05, 4.69) is 93.6 Å². The summed E-state index contributed by atoms with van der Waals surface area (Å²) in [4.78, 5) is 11.2. The van der Waals surface area contributed by atoms with Gasteiger partial charge in [-0.3, -0.25) is 4.98 Å². The SMILES string of the molecule is [C-]#[N+]C1CCN(c2cc(C)nc3c2C(C)=CC3c2c(Br)cc(C(C)C)cc2Br)CC1. The molecule has 0 N–H and O–H groups in total. The van der Waals surface area contributed by atoms with E-state index in [1.807, 2.05) is 0 Å². The van der Waals surface area contributed by atoms with Crippen LogP contribution in [0.5, 0.6) is 0 Å². The monoisotopic (exact) mass is 527 g/mol. The molecule has 4 rings (SSSR count). The molecule has 0 amide bonds. The molecular weight excluding hydrogens is 502 g/mol. The molecule has 0 radical (unpaired) electrons. The molecule has 1 aromatic heterocycles. The van der Waals surface area contributed by atoms with Crippen LogP contribution in [0, 0.1) is 13.5 Å². The van der Waals surface area contributed by atoms with Gasteiger partial charge in [0.15, 0.2) is 0 Å². The van der Waals surface area contributed by atoms with Crippen LogP contribution < -0.4 is 4.90 Å². The van der Waals surface area contributed by atoms with Gasteiger partial charge in [-0.1, -0.05) is 51.8 Å². The maximum atomic E-state index is 7.34. The molecule has 156 valence electrons. The Balaban J connectivity index is 1.78. The first-order valence-electron chi connectivity index (χ1n) is 10.6. The maximum Gasteiger partial charge on any atom is 0.227 e. The number of fused-ring (bicyclic) bond motifs is 1. The van der Waals surface area contributed by atoms with Crippen LogP contribution in [0.2, 0.25) is 0 Å². The Bertz CT molecular complexity index is 1030. The fourth-order valence-corrected chi connectivity index (χ4v) is 6.38. The smallest absolute Gasteiger partial charge is 0.227 e. The van der Waals surface area contributed by atoms with Gasteiger partial charge >= 0.3 is 0 Å². The number of hydrogen-bond acceptors (Lipinski definition) is 2. The van der Waals surface area contributed by atoms with E-state index >= 15 is 0 Å². The van der Waals surface area contributed by atoms with E-state index in [0.29, 0.717) is 5.92 Å². The molecule has 2 aliphatic rings. The Kier molecular flexibility index (Phi) is 6.10. The number of halogens is 2. The number of anilines is 1. The number of benzene rings is 1. The normalized spacial score (nSPS) is 19.1. The molecule has 1 aliphatic heterocycles. The van der Waals surface area contributed by atoms with Crippen LogP contribution in [0.4, 0.5) is 5.69 Å². The predicted octanol–water partition coefficient (Wildman–Crippen LogP) is 7.48. The lowest BCUT2D eigenvalue weighted by Crippen LogP contribution is -2.35. The van der Waals surface area contributed by atoms with E-state index in [4.69, 9.17) is 11.6 Å². The van der Waals surface area contributed by atoms with Crippen molar-refractivity contribution in [2.24, 2.45) is 0 Å². The second kappa shape index (κ2) is 8.48. The van der Waals surface area contributed by atoms with Crippen LogP contribution >= 0.6 is 31.9 Å². The van der Waals surface area contributed by atoms with E-state index in [0.717, 1.165) is 46.3 Å². The molecule has 0 bridgehead atoms. The molecule has 1 aliphatic carbocycles. The largest absolute Gasteiger partial charge is 0.370 e. The van der Waals surface area contributed by atoms with E-state index in [-0.39, 0.29) is 12.0 Å². The van der Waals surface area contributed by atoms with Crippen molar-refractivity contribution in [3.63, 3.8) is 0 Å². The van der Waals surface area contributed by atoms with Gasteiger partial charge in [0.2, 0.25) is 6.04 Å². The van der Waals surface area contributed by atoms with E-state index in [9.17, 15) is 0 Å². The van der Waals surface area contributed by atoms with Gasteiger partial charge in [0.1, 0.15) is 0 Å². The maximum absolute atomic E-state index is 7.34. The third-order valence-electron chi connectivity index (χ3n) is 6.33. The fourth-order valence-electron chi connectivity index (χ4n) is 4.66. The second-order valence-electron chi connectivity index (χ2n) is 8.77. The molecule has 2 heterocycles. The number of aryl methyl sites for hydroxylation is 1. The van der Waals surface area contributed by atoms with Gasteiger partial charge < -0.3 is 9.74 Å². The first-order chi connectivity index (χ1) is 14.3. The molecular formula is C25H27Br2N3. The molecule has 1 aromatic carbocycles. The van der Waals surface area contributed by atoms with Crippen LogP contribution in [-0.2, 0) is 0 Å². The minimum absolute atomic E-state index is 0.129. The average Bonchev–Trinajstić information content (AvgIpc) is 3.02. The van der Waals surface area contributed by atoms with Crippen molar-refractivity contribution < 1.29 is 0 Å². The highest BCUT2D eigenvalue weighted by atomic mass is 79.9. The standard InChI is InChI=1S/C25H27Br2N3/c1-14(2)17-12-20(26)24(21(27)13-17)19-10-15(3)23-22(11-16(4)29-25(19)23)30-8-6-18(28-5)7-9-30/h10-14,18-19H,6-9H2,1-4H3. The van der Waals surface area contributed by atoms with Gasteiger partial charge in [0, 0.05) is 57.7 Å². The van der Waals surface area contributed by atoms with Gasteiger partial charge in [-0.2, -0.15) is 0 Å². The van der Waals surface area contributed by atoms with Crippen molar-refractivity contribution in [3.05, 3.63) is 72.7 Å². The van der Waals surface area contributed by atoms with E-state index in [1.54, 1.807) is 0 Å². The zero-order valence-corrected chi connectivity index (χ0v) is 21.1. The summed E-state index contributed by atoms with van der Waals surface area (Å²) in [6.07, 6.45) is 4.24. The van der Waals surface area contributed by atoms with Crippen LogP contribution in [0.15, 0.2) is 33.2 Å². The summed E-state index contributed by atoms with van der Waals surface area (Å²) in [5, 5.41) is 0. The number of nitrogens with zero attached hydrogens (tertiary/aromatic N) is 3. The molecule has 5 heteroatoms. The Labute approximate surface area is 196 Å². The molecule has 1 unspecified atom stereocenters. The summed E-state index contributed by atoms with van der Waals surface area (Å²) in [7, 11) is 0. The quantitative estimate of drug-likeness (QED) is 0.385. The molecule has 30 heavy (non-hydrogen) atoms. The first-order valence-corrected chi connectivity index (χ1v) is 12.2. The minimum atomic E-state index is 0.129. The molecule has 1 saturated heterocycles. The zero-order chi connectivity index (χ0) is 21.6. The number of aromatic nitrogens is 1. The Morgan fingerprint density at radius 1 is 1.10 bits per heavy atom. The molecule has 0 spiro atoms. The van der Waals surface area contributed by atoms with Gasteiger partial charge in [-0.25, -0.2) is 6.57 Å². The summed E-state index contributed by atoms with van der Waals surface area (Å²) < 4.78 is 2.26. The van der Waals surface area contributed by atoms with Crippen LogP contribution in [0.1, 0.15) is 73.5 Å². The Hall–Kier alpha value is -1.64. The van der Waals surface area contributed by atoms with Crippen molar-refractivity contribution in [1.29, 1.82) is 0 Å². The average molecular weight is 529 g/mol. The summed E-state index contributed by atoms with van der Waals surface area (Å²) >= 11 is 7.70. The summed E-state index contributed by atoms with van der Waals surface area (Å²) in [5.74, 6) is 0.606. The lowest BCUT2D eigenvalue weighted by Gasteiger charge is -2.31. The lowest BCUT2D eigenvalue weighted by atomic mass is 9.93. The third-order valence-corrected chi connectivity index (χ3v) is 7.64. The number of pyridine rings is 1. The third kappa shape index (κ3) is 3.85. The van der Waals surface area contributed by atoms with Crippen molar-refractivity contribution >= 4 is 43.1 Å². The molecule has 1 fully saturated rings. The fraction of sp³-hybridized carbons (Fsp3) is 0.440. The minimum Gasteiger partial charge on any atom is -0.370 e. The van der Waals surface area contributed by atoms with Crippen LogP contribution in [0.3, 0.4) is 0 Å². The highest BCUT2D eigenvalue weighted by Gasteiger charge is 2.33. The van der Waals surface area contributed by atoms with Crippen molar-refractivity contribution in [2.45, 2.75) is 58.4 Å². The first kappa shape index (κ1) is 21.6. The summed E-state index contributed by atoms with van der Waals surface area (Å²) in [5.41, 5.74) is 8.60. The van der Waals surface area contributed by atoms with Crippen LogP contribution in [-0.4, -0.2) is 24.1 Å². The topological polar surface area (TPSA) is 20.5 Å². The highest BCUT2D eigenvalue weighted by molar-refractivity contribution is 9.11. The highest BCUT2D eigenvalue weighted by Crippen LogP contribution is 2.48. The summed E-state index contributed by atoms with van der Waals surface area (Å²) in [6, 6.07) is 6.89. The number of hydrogen-bond donors (Lipinski definition) is 0. The molecule has 3 nitrogen and oxygen atoms in total. The lowest BCUT2D eigenvalue weighted by molar-refractivity contribution is 0.548. The van der Waals surface area contributed by atoms with Gasteiger partial charge in [-0.15, -0.1) is 0 Å². The van der Waals surface area contributed by atoms with Gasteiger partial charge in [0.25, 0.3) is 0 Å². The molecule has 2 aromatic rings. The summed E-state index contributed by atoms with van der Waals surface area (Å²) in [6.45, 7) is 18.0. The second-order valence-corrected chi connectivity index (χ2v) is 10.5. The Morgan fingerprint density at radius 3 is 2.30 bits per heavy atom. The van der Waals surface area contributed by atoms with E-state index < -0.39 is 0 Å². The van der Waals surface area contributed by atoms with Gasteiger partial charge in [-0.05, 0) is 54.7 Å². The molecule has 0 saturated carbocycles. The molecule has 1 atom stereocenters. The zero-order valence-electron chi connectivity index (χ0n) is 18.0. The number of piperidine rings is 1. The van der Waals surface area contributed by atoms with Crippen molar-refractivity contribution in [3.8, 4) is 0 Å².